The van der Waals surface area contributed by atoms with Crippen molar-refractivity contribution in [2.24, 2.45) is 11.8 Å². The molecule has 1 rings (SSSR count). The molecule has 0 spiro atoms. The van der Waals surface area contributed by atoms with Crippen LogP contribution in [-0.2, 0) is 4.74 Å². The molecule has 2 nitrogen and oxygen atoms in total. The lowest BCUT2D eigenvalue weighted by Crippen LogP contribution is -2.33. The van der Waals surface area contributed by atoms with Crippen LogP contribution in [0.4, 0.5) is 0 Å². The average Bonchev–Trinajstić information content (AvgIpc) is 1.85. The molecule has 0 bridgehead atoms. The highest BCUT2D eigenvalue weighted by Crippen LogP contribution is 2.29. The van der Waals surface area contributed by atoms with Gasteiger partial charge in [0.25, 0.3) is 0 Å². The van der Waals surface area contributed by atoms with E-state index in [4.69, 9.17) is 4.74 Å². The minimum absolute atomic E-state index is 0.228. The normalized spacial score (nSPS) is 39.5. The smallest absolute Gasteiger partial charge is 0.155 e. The van der Waals surface area contributed by atoms with Gasteiger partial charge in [-0.1, -0.05) is 13.8 Å². The maximum atomic E-state index is 9.28. The molecule has 1 N–H and O–H groups in total. The van der Waals surface area contributed by atoms with Gasteiger partial charge in [0.1, 0.15) is 0 Å². The minimum Gasteiger partial charge on any atom is -0.368 e. The number of hydrogen-bond donors (Lipinski definition) is 1. The van der Waals surface area contributed by atoms with Gasteiger partial charge in [-0.15, -0.1) is 0 Å². The molecule has 0 aliphatic carbocycles. The second kappa shape index (κ2) is 3.55. The Kier molecular flexibility index (Phi) is 2.90. The first-order valence-corrected chi connectivity index (χ1v) is 4.43. The Morgan fingerprint density at radius 3 is 2.45 bits per heavy atom. The second-order valence-electron chi connectivity index (χ2n) is 3.88. The zero-order valence-corrected chi connectivity index (χ0v) is 7.58. The molecule has 1 heterocycles. The molecule has 0 aromatic carbocycles. The van der Waals surface area contributed by atoms with Crippen LogP contribution in [0.3, 0.4) is 0 Å². The summed E-state index contributed by atoms with van der Waals surface area (Å²) in [5.41, 5.74) is 0. The van der Waals surface area contributed by atoms with Gasteiger partial charge in [-0.25, -0.2) is 0 Å². The van der Waals surface area contributed by atoms with Crippen molar-refractivity contribution in [3.8, 4) is 0 Å². The van der Waals surface area contributed by atoms with Gasteiger partial charge in [-0.05, 0) is 25.2 Å². The van der Waals surface area contributed by atoms with E-state index in [-0.39, 0.29) is 6.10 Å². The van der Waals surface area contributed by atoms with Crippen LogP contribution < -0.4 is 0 Å². The molecule has 0 aromatic heterocycles. The number of rotatable bonds is 1. The zero-order valence-electron chi connectivity index (χ0n) is 7.58. The summed E-state index contributed by atoms with van der Waals surface area (Å²) in [5.74, 6) is 1.30. The van der Waals surface area contributed by atoms with Crippen molar-refractivity contribution in [1.29, 1.82) is 0 Å². The summed E-state index contributed by atoms with van der Waals surface area (Å²) < 4.78 is 5.22. The highest BCUT2D eigenvalue weighted by atomic mass is 16.6. The summed E-state index contributed by atoms with van der Waals surface area (Å²) in [6.45, 7) is 6.43. The molecular formula is C9H18O2. The summed E-state index contributed by atoms with van der Waals surface area (Å²) in [6.07, 6.45) is 1.61. The highest BCUT2D eigenvalue weighted by molar-refractivity contribution is 4.72. The van der Waals surface area contributed by atoms with E-state index in [1.165, 1.54) is 0 Å². The molecule has 1 saturated heterocycles. The maximum absolute atomic E-state index is 9.28. The maximum Gasteiger partial charge on any atom is 0.155 e. The predicted molar refractivity (Wildman–Crippen MR) is 44.1 cm³/mol. The van der Waals surface area contributed by atoms with E-state index >= 15 is 0 Å². The van der Waals surface area contributed by atoms with Gasteiger partial charge in [0.05, 0.1) is 6.10 Å². The topological polar surface area (TPSA) is 29.5 Å². The van der Waals surface area contributed by atoms with Gasteiger partial charge in [0.15, 0.2) is 6.29 Å². The molecule has 3 atom stereocenters. The minimum atomic E-state index is -0.522. The SMILES string of the molecule is CC(C)C1C[C@@H](C)O[C@@H](O)C1. The lowest BCUT2D eigenvalue weighted by molar-refractivity contribution is -0.175. The van der Waals surface area contributed by atoms with Gasteiger partial charge in [-0.3, -0.25) is 0 Å². The van der Waals surface area contributed by atoms with Crippen molar-refractivity contribution in [2.45, 2.75) is 46.0 Å². The molecule has 0 aromatic rings. The number of ether oxygens (including phenoxy) is 1. The third-order valence-electron chi connectivity index (χ3n) is 2.47. The number of aliphatic hydroxyl groups is 1. The number of hydrogen-bond acceptors (Lipinski definition) is 2. The fourth-order valence-corrected chi connectivity index (χ4v) is 1.71. The first kappa shape index (κ1) is 9.01. The van der Waals surface area contributed by atoms with Crippen molar-refractivity contribution in [3.63, 3.8) is 0 Å². The van der Waals surface area contributed by atoms with Crippen LogP contribution in [0.5, 0.6) is 0 Å². The summed E-state index contributed by atoms with van der Waals surface area (Å²) in [6, 6.07) is 0. The van der Waals surface area contributed by atoms with E-state index in [1.807, 2.05) is 6.92 Å². The summed E-state index contributed by atoms with van der Waals surface area (Å²) in [4.78, 5) is 0. The van der Waals surface area contributed by atoms with Crippen molar-refractivity contribution in [2.75, 3.05) is 0 Å². The second-order valence-corrected chi connectivity index (χ2v) is 3.88. The predicted octanol–water partition coefficient (Wildman–Crippen LogP) is 1.78. The first-order chi connectivity index (χ1) is 5.09. The van der Waals surface area contributed by atoms with E-state index in [2.05, 4.69) is 13.8 Å². The van der Waals surface area contributed by atoms with Crippen molar-refractivity contribution < 1.29 is 9.84 Å². The Balaban J connectivity index is 2.43. The van der Waals surface area contributed by atoms with E-state index in [0.717, 1.165) is 12.8 Å². The molecule has 2 heteroatoms. The highest BCUT2D eigenvalue weighted by Gasteiger charge is 2.27. The molecule has 66 valence electrons. The van der Waals surface area contributed by atoms with Crippen LogP contribution in [-0.4, -0.2) is 17.5 Å². The van der Waals surface area contributed by atoms with Gasteiger partial charge in [-0.2, -0.15) is 0 Å². The van der Waals surface area contributed by atoms with Gasteiger partial charge < -0.3 is 9.84 Å². The van der Waals surface area contributed by atoms with E-state index in [1.54, 1.807) is 0 Å². The first-order valence-electron chi connectivity index (χ1n) is 4.43. The Hall–Kier alpha value is -0.0800. The van der Waals surface area contributed by atoms with Gasteiger partial charge >= 0.3 is 0 Å². The van der Waals surface area contributed by atoms with E-state index in [0.29, 0.717) is 11.8 Å². The van der Waals surface area contributed by atoms with Gasteiger partial charge in [0, 0.05) is 6.42 Å². The van der Waals surface area contributed by atoms with E-state index in [9.17, 15) is 5.11 Å². The average molecular weight is 158 g/mol. The molecule has 0 saturated carbocycles. The third-order valence-corrected chi connectivity index (χ3v) is 2.47. The Labute approximate surface area is 68.6 Å². The van der Waals surface area contributed by atoms with Crippen molar-refractivity contribution in [1.82, 2.24) is 0 Å². The Morgan fingerprint density at radius 2 is 2.00 bits per heavy atom. The molecule has 1 fully saturated rings. The molecule has 0 radical (unpaired) electrons. The molecule has 11 heavy (non-hydrogen) atoms. The lowest BCUT2D eigenvalue weighted by Gasteiger charge is -2.33. The standard InChI is InChI=1S/C9H18O2/c1-6(2)8-4-7(3)11-9(10)5-8/h6-10H,4-5H2,1-3H3/t7-,8?,9-/m1/s1. The van der Waals surface area contributed by atoms with Crippen molar-refractivity contribution in [3.05, 3.63) is 0 Å². The van der Waals surface area contributed by atoms with Crippen LogP contribution in [0.2, 0.25) is 0 Å². The number of aliphatic hydroxyl groups excluding tert-OH is 1. The largest absolute Gasteiger partial charge is 0.368 e. The third kappa shape index (κ3) is 2.46. The molecule has 0 amide bonds. The van der Waals surface area contributed by atoms with Crippen LogP contribution in [0.15, 0.2) is 0 Å². The van der Waals surface area contributed by atoms with Gasteiger partial charge in [0.2, 0.25) is 0 Å². The fraction of sp³-hybridized carbons (Fsp3) is 1.00. The summed E-state index contributed by atoms with van der Waals surface area (Å²) >= 11 is 0. The zero-order chi connectivity index (χ0) is 8.43. The molecular weight excluding hydrogens is 140 g/mol. The Morgan fingerprint density at radius 1 is 1.36 bits per heavy atom. The van der Waals surface area contributed by atoms with Crippen LogP contribution >= 0.6 is 0 Å². The summed E-state index contributed by atoms with van der Waals surface area (Å²) in [7, 11) is 0. The quantitative estimate of drug-likeness (QED) is 0.630. The van der Waals surface area contributed by atoms with Crippen molar-refractivity contribution >= 4 is 0 Å². The monoisotopic (exact) mass is 158 g/mol. The fourth-order valence-electron chi connectivity index (χ4n) is 1.71. The van der Waals surface area contributed by atoms with E-state index < -0.39 is 6.29 Å². The molecule has 1 aliphatic heterocycles. The van der Waals surface area contributed by atoms with Crippen LogP contribution in [0.25, 0.3) is 0 Å². The Bertz CT molecular complexity index is 113. The lowest BCUT2D eigenvalue weighted by atomic mass is 9.86. The molecule has 1 unspecified atom stereocenters. The molecule has 1 aliphatic rings. The van der Waals surface area contributed by atoms with Crippen LogP contribution in [0, 0.1) is 11.8 Å². The summed E-state index contributed by atoms with van der Waals surface area (Å²) in [5, 5.41) is 9.28. The van der Waals surface area contributed by atoms with Crippen LogP contribution in [0.1, 0.15) is 33.6 Å².